The fraction of sp³-hybridized carbons (Fsp3) is 0.250. The topological polar surface area (TPSA) is 24.9 Å². The minimum Gasteiger partial charge on any atom is -0.306 e. The minimum atomic E-state index is -0.184. The van der Waals surface area contributed by atoms with E-state index < -0.39 is 0 Å². The van der Waals surface area contributed by atoms with Gasteiger partial charge in [0.2, 0.25) is 0 Å². The van der Waals surface area contributed by atoms with Gasteiger partial charge in [-0.3, -0.25) is 0 Å². The smallest absolute Gasteiger partial charge is 0.127 e. The Bertz CT molecular complexity index is 513. The largest absolute Gasteiger partial charge is 0.306 e. The molecule has 1 aromatic heterocycles. The van der Waals surface area contributed by atoms with Gasteiger partial charge in [0.05, 0.1) is 0 Å². The molecule has 0 saturated heterocycles. The molecule has 0 fully saturated rings. The van der Waals surface area contributed by atoms with E-state index in [1.807, 2.05) is 12.3 Å². The first-order chi connectivity index (χ1) is 8.15. The molecule has 5 heteroatoms. The number of benzene rings is 1. The van der Waals surface area contributed by atoms with Crippen LogP contribution >= 0.6 is 27.3 Å². The van der Waals surface area contributed by atoms with Crippen molar-refractivity contribution in [2.24, 2.45) is 0 Å². The quantitative estimate of drug-likeness (QED) is 0.932. The third-order valence-corrected chi connectivity index (χ3v) is 3.73. The van der Waals surface area contributed by atoms with Crippen LogP contribution in [0.15, 0.2) is 28.1 Å². The van der Waals surface area contributed by atoms with Crippen LogP contribution in [0.1, 0.15) is 16.3 Å². The summed E-state index contributed by atoms with van der Waals surface area (Å²) in [6.07, 6.45) is 0. The van der Waals surface area contributed by atoms with Crippen LogP contribution in [0.4, 0.5) is 4.39 Å². The van der Waals surface area contributed by atoms with E-state index in [1.54, 1.807) is 23.5 Å². The van der Waals surface area contributed by atoms with E-state index in [1.165, 1.54) is 6.07 Å². The van der Waals surface area contributed by atoms with Gasteiger partial charge in [-0.2, -0.15) is 0 Å². The number of rotatable bonds is 4. The first-order valence-corrected chi connectivity index (χ1v) is 6.88. The summed E-state index contributed by atoms with van der Waals surface area (Å²) in [6.45, 7) is 3.14. The summed E-state index contributed by atoms with van der Waals surface area (Å²) < 4.78 is 14.3. The highest BCUT2D eigenvalue weighted by molar-refractivity contribution is 9.10. The van der Waals surface area contributed by atoms with Crippen molar-refractivity contribution >= 4 is 27.3 Å². The second kappa shape index (κ2) is 5.71. The average Bonchev–Trinajstić information content (AvgIpc) is 2.69. The van der Waals surface area contributed by atoms with Gasteiger partial charge in [-0.1, -0.05) is 15.9 Å². The summed E-state index contributed by atoms with van der Waals surface area (Å²) in [5.74, 6) is -0.184. The van der Waals surface area contributed by atoms with Crippen LogP contribution in [0.3, 0.4) is 0 Å². The molecular weight excluding hydrogens is 303 g/mol. The summed E-state index contributed by atoms with van der Waals surface area (Å²) in [7, 11) is 0. The van der Waals surface area contributed by atoms with Gasteiger partial charge in [0, 0.05) is 34.2 Å². The number of aromatic nitrogens is 1. The summed E-state index contributed by atoms with van der Waals surface area (Å²) in [5.41, 5.74) is 1.69. The van der Waals surface area contributed by atoms with Crippen molar-refractivity contribution < 1.29 is 4.39 Å². The summed E-state index contributed by atoms with van der Waals surface area (Å²) in [5, 5.41) is 6.22. The van der Waals surface area contributed by atoms with Crippen molar-refractivity contribution in [3.63, 3.8) is 0 Å². The van der Waals surface area contributed by atoms with Crippen LogP contribution in [-0.2, 0) is 13.1 Å². The summed E-state index contributed by atoms with van der Waals surface area (Å²) in [4.78, 5) is 4.33. The molecule has 0 aliphatic carbocycles. The Morgan fingerprint density at radius 1 is 1.41 bits per heavy atom. The fourth-order valence-electron chi connectivity index (χ4n) is 1.47. The van der Waals surface area contributed by atoms with Crippen molar-refractivity contribution in [3.05, 3.63) is 50.1 Å². The Morgan fingerprint density at radius 2 is 2.24 bits per heavy atom. The van der Waals surface area contributed by atoms with Gasteiger partial charge in [-0.05, 0) is 25.1 Å². The van der Waals surface area contributed by atoms with E-state index in [-0.39, 0.29) is 5.82 Å². The molecule has 0 aliphatic rings. The first-order valence-electron chi connectivity index (χ1n) is 5.21. The molecule has 0 spiro atoms. The van der Waals surface area contributed by atoms with E-state index in [2.05, 4.69) is 26.2 Å². The van der Waals surface area contributed by atoms with Gasteiger partial charge in [-0.25, -0.2) is 9.37 Å². The Hall–Kier alpha value is -0.780. The Kier molecular flexibility index (Phi) is 4.25. The molecule has 0 saturated carbocycles. The lowest BCUT2D eigenvalue weighted by Gasteiger charge is -2.05. The van der Waals surface area contributed by atoms with Crippen molar-refractivity contribution in [1.82, 2.24) is 10.3 Å². The number of hydrogen-bond acceptors (Lipinski definition) is 3. The van der Waals surface area contributed by atoms with Crippen LogP contribution in [0.2, 0.25) is 0 Å². The Balaban J connectivity index is 1.91. The monoisotopic (exact) mass is 314 g/mol. The van der Waals surface area contributed by atoms with Crippen LogP contribution in [0.5, 0.6) is 0 Å². The lowest BCUT2D eigenvalue weighted by Crippen LogP contribution is -2.13. The zero-order valence-electron chi connectivity index (χ0n) is 9.34. The molecule has 0 aliphatic heterocycles. The third-order valence-electron chi connectivity index (χ3n) is 2.27. The fourth-order valence-corrected chi connectivity index (χ4v) is 2.62. The Labute approximate surface area is 112 Å². The van der Waals surface area contributed by atoms with Crippen LogP contribution in [0.25, 0.3) is 0 Å². The molecule has 0 atom stereocenters. The molecule has 0 radical (unpaired) electrons. The van der Waals surface area contributed by atoms with Crippen molar-refractivity contribution in [3.8, 4) is 0 Å². The maximum Gasteiger partial charge on any atom is 0.127 e. The van der Waals surface area contributed by atoms with Crippen LogP contribution in [-0.4, -0.2) is 4.98 Å². The second-order valence-corrected chi connectivity index (χ2v) is 5.58. The van der Waals surface area contributed by atoms with Gasteiger partial charge in [0.15, 0.2) is 0 Å². The highest BCUT2D eigenvalue weighted by Crippen LogP contribution is 2.15. The summed E-state index contributed by atoms with van der Waals surface area (Å²) in [6, 6.07) is 4.95. The molecule has 1 N–H and O–H groups in total. The minimum absolute atomic E-state index is 0.184. The molecule has 1 aromatic carbocycles. The van der Waals surface area contributed by atoms with Gasteiger partial charge < -0.3 is 5.32 Å². The van der Waals surface area contributed by atoms with Gasteiger partial charge >= 0.3 is 0 Å². The van der Waals surface area contributed by atoms with E-state index in [0.717, 1.165) is 15.2 Å². The lowest BCUT2D eigenvalue weighted by atomic mass is 10.2. The predicted molar refractivity (Wildman–Crippen MR) is 71.5 cm³/mol. The van der Waals surface area contributed by atoms with Crippen LogP contribution in [0, 0.1) is 12.7 Å². The van der Waals surface area contributed by atoms with Crippen molar-refractivity contribution in [2.75, 3.05) is 0 Å². The summed E-state index contributed by atoms with van der Waals surface area (Å²) >= 11 is 4.95. The molecule has 2 nitrogen and oxygen atoms in total. The SMILES string of the molecule is Cc1csc(CNCc2cc(Br)ccc2F)n1. The molecule has 2 aromatic rings. The van der Waals surface area contributed by atoms with Gasteiger partial charge in [0.25, 0.3) is 0 Å². The molecule has 1 heterocycles. The maximum atomic E-state index is 13.4. The van der Waals surface area contributed by atoms with E-state index in [9.17, 15) is 4.39 Å². The highest BCUT2D eigenvalue weighted by atomic mass is 79.9. The van der Waals surface area contributed by atoms with Gasteiger partial charge in [-0.15, -0.1) is 11.3 Å². The van der Waals surface area contributed by atoms with E-state index >= 15 is 0 Å². The molecule has 0 bridgehead atoms. The predicted octanol–water partition coefficient (Wildman–Crippen LogP) is 3.64. The number of thiazole rings is 1. The van der Waals surface area contributed by atoms with Crippen LogP contribution < -0.4 is 5.32 Å². The molecule has 2 rings (SSSR count). The maximum absolute atomic E-state index is 13.4. The third kappa shape index (κ3) is 3.59. The van der Waals surface area contributed by atoms with Crippen molar-refractivity contribution in [1.29, 1.82) is 0 Å². The molecule has 0 unspecified atom stereocenters. The second-order valence-electron chi connectivity index (χ2n) is 3.72. The number of hydrogen-bond donors (Lipinski definition) is 1. The van der Waals surface area contributed by atoms with Gasteiger partial charge in [0.1, 0.15) is 10.8 Å². The number of nitrogens with one attached hydrogen (secondary N) is 1. The standard InChI is InChI=1S/C12H12BrFN2S/c1-8-7-17-12(16-8)6-15-5-9-4-10(13)2-3-11(9)14/h2-4,7,15H,5-6H2,1H3. The lowest BCUT2D eigenvalue weighted by molar-refractivity contribution is 0.587. The van der Waals surface area contributed by atoms with Crippen molar-refractivity contribution in [2.45, 2.75) is 20.0 Å². The zero-order valence-corrected chi connectivity index (χ0v) is 11.7. The number of nitrogens with zero attached hydrogens (tertiary/aromatic N) is 1. The first kappa shape index (κ1) is 12.7. The van der Waals surface area contributed by atoms with E-state index in [0.29, 0.717) is 18.7 Å². The number of aryl methyl sites for hydroxylation is 1. The molecular formula is C12H12BrFN2S. The zero-order chi connectivity index (χ0) is 12.3. The molecule has 0 amide bonds. The highest BCUT2D eigenvalue weighted by Gasteiger charge is 2.03. The average molecular weight is 315 g/mol. The normalized spacial score (nSPS) is 10.8. The Morgan fingerprint density at radius 3 is 2.94 bits per heavy atom. The molecule has 17 heavy (non-hydrogen) atoms. The molecule has 90 valence electrons. The van der Waals surface area contributed by atoms with E-state index in [4.69, 9.17) is 0 Å². The number of halogens is 2.